The summed E-state index contributed by atoms with van der Waals surface area (Å²) in [6, 6.07) is 14.1. The zero-order valence-corrected chi connectivity index (χ0v) is 20.0. The Bertz CT molecular complexity index is 1340. The Morgan fingerprint density at radius 2 is 1.91 bits per heavy atom. The molecule has 2 heterocycles. The van der Waals surface area contributed by atoms with E-state index in [4.69, 9.17) is 23.2 Å². The van der Waals surface area contributed by atoms with E-state index in [0.717, 1.165) is 21.5 Å². The first-order chi connectivity index (χ1) is 15.2. The number of hydrogen-bond acceptors (Lipinski definition) is 4. The second kappa shape index (κ2) is 8.94. The number of fused-ring (bicyclic) bond motifs is 1. The lowest BCUT2D eigenvalue weighted by Gasteiger charge is -2.11. The fraction of sp³-hybridized carbons (Fsp3) is 0.174. The van der Waals surface area contributed by atoms with Crippen LogP contribution < -0.4 is 5.32 Å². The summed E-state index contributed by atoms with van der Waals surface area (Å²) >= 11 is 13.7. The van der Waals surface area contributed by atoms with Crippen molar-refractivity contribution in [1.82, 2.24) is 14.7 Å². The van der Waals surface area contributed by atoms with Crippen LogP contribution in [0.15, 0.2) is 48.5 Å². The molecule has 32 heavy (non-hydrogen) atoms. The number of nitrogens with one attached hydrogen (secondary N) is 1. The SMILES string of the molecule is Cc1nn(Cc2ccc(Cl)cc2Cl)c2sc(C(=O)Nc3cccc(C(=O)N(C)C)c3)cc12. The minimum absolute atomic E-state index is 0.125. The summed E-state index contributed by atoms with van der Waals surface area (Å²) in [5.74, 6) is -0.365. The van der Waals surface area contributed by atoms with Gasteiger partial charge in [-0.15, -0.1) is 11.3 Å². The average molecular weight is 487 g/mol. The number of anilines is 1. The molecule has 0 saturated carbocycles. The maximum absolute atomic E-state index is 12.9. The molecular formula is C23H20Cl2N4O2S. The minimum atomic E-state index is -0.240. The number of nitrogens with zero attached hydrogens (tertiary/aromatic N) is 3. The Labute approximate surface area is 199 Å². The highest BCUT2D eigenvalue weighted by Crippen LogP contribution is 2.31. The fourth-order valence-electron chi connectivity index (χ4n) is 3.32. The standard InChI is InChI=1S/C23H20Cl2N4O2S/c1-13-18-11-20(21(30)26-17-6-4-5-14(9-17)22(31)28(2)3)32-23(18)29(27-13)12-15-7-8-16(24)10-19(15)25/h4-11H,12H2,1-3H3,(H,26,30). The predicted octanol–water partition coefficient (Wildman–Crippen LogP) is 5.72. The van der Waals surface area contributed by atoms with E-state index < -0.39 is 0 Å². The summed E-state index contributed by atoms with van der Waals surface area (Å²) in [4.78, 5) is 28.0. The van der Waals surface area contributed by atoms with Gasteiger partial charge in [0.05, 0.1) is 17.1 Å². The van der Waals surface area contributed by atoms with Crippen molar-refractivity contribution in [2.24, 2.45) is 0 Å². The van der Waals surface area contributed by atoms with E-state index in [0.29, 0.717) is 32.7 Å². The minimum Gasteiger partial charge on any atom is -0.345 e. The van der Waals surface area contributed by atoms with E-state index in [2.05, 4.69) is 10.4 Å². The molecule has 164 valence electrons. The Morgan fingerprint density at radius 1 is 1.12 bits per heavy atom. The van der Waals surface area contributed by atoms with Gasteiger partial charge >= 0.3 is 0 Å². The first-order valence-electron chi connectivity index (χ1n) is 9.77. The van der Waals surface area contributed by atoms with Gasteiger partial charge < -0.3 is 10.2 Å². The largest absolute Gasteiger partial charge is 0.345 e. The van der Waals surface area contributed by atoms with E-state index in [9.17, 15) is 9.59 Å². The molecule has 0 atom stereocenters. The number of aromatic nitrogens is 2. The predicted molar refractivity (Wildman–Crippen MR) is 130 cm³/mol. The molecule has 4 aromatic rings. The van der Waals surface area contributed by atoms with Crippen LogP contribution in [-0.4, -0.2) is 40.6 Å². The molecule has 0 bridgehead atoms. The molecule has 0 saturated heterocycles. The molecule has 9 heteroatoms. The number of rotatable bonds is 5. The molecule has 1 N–H and O–H groups in total. The second-order valence-corrected chi connectivity index (χ2v) is 9.42. The van der Waals surface area contributed by atoms with Gasteiger partial charge in [-0.1, -0.05) is 35.3 Å². The molecule has 2 aromatic heterocycles. The van der Waals surface area contributed by atoms with Gasteiger partial charge in [-0.2, -0.15) is 5.10 Å². The Kier molecular flexibility index (Phi) is 6.24. The lowest BCUT2D eigenvalue weighted by atomic mass is 10.2. The molecule has 0 radical (unpaired) electrons. The molecular weight excluding hydrogens is 467 g/mol. The van der Waals surface area contributed by atoms with E-state index >= 15 is 0 Å². The van der Waals surface area contributed by atoms with Crippen LogP contribution in [-0.2, 0) is 6.54 Å². The molecule has 0 aliphatic rings. The summed E-state index contributed by atoms with van der Waals surface area (Å²) in [7, 11) is 3.38. The van der Waals surface area contributed by atoms with Gasteiger partial charge in [0.25, 0.3) is 11.8 Å². The summed E-state index contributed by atoms with van der Waals surface area (Å²) in [5.41, 5.74) is 2.79. The number of aryl methyl sites for hydroxylation is 1. The van der Waals surface area contributed by atoms with Crippen LogP contribution in [0.25, 0.3) is 10.2 Å². The van der Waals surface area contributed by atoms with Gasteiger partial charge in [-0.05, 0) is 48.9 Å². The molecule has 6 nitrogen and oxygen atoms in total. The Balaban J connectivity index is 1.59. The summed E-state index contributed by atoms with van der Waals surface area (Å²) in [6.45, 7) is 2.38. The smallest absolute Gasteiger partial charge is 0.265 e. The van der Waals surface area contributed by atoms with Crippen LogP contribution in [0.4, 0.5) is 5.69 Å². The number of thiophene rings is 1. The average Bonchev–Trinajstić information content (AvgIpc) is 3.31. The zero-order chi connectivity index (χ0) is 23.0. The van der Waals surface area contributed by atoms with Gasteiger partial charge in [0, 0.05) is 40.8 Å². The van der Waals surface area contributed by atoms with Crippen molar-refractivity contribution in [3.05, 3.63) is 80.3 Å². The van der Waals surface area contributed by atoms with Crippen molar-refractivity contribution in [2.45, 2.75) is 13.5 Å². The van der Waals surface area contributed by atoms with Crippen molar-refractivity contribution >= 4 is 62.3 Å². The van der Waals surface area contributed by atoms with Crippen molar-refractivity contribution in [3.63, 3.8) is 0 Å². The fourth-order valence-corrected chi connectivity index (χ4v) is 4.85. The number of hydrogen-bond donors (Lipinski definition) is 1. The normalized spacial score (nSPS) is 11.0. The lowest BCUT2D eigenvalue weighted by Crippen LogP contribution is -2.21. The summed E-state index contributed by atoms with van der Waals surface area (Å²) in [5, 5.41) is 9.55. The maximum atomic E-state index is 12.9. The molecule has 0 aliphatic carbocycles. The first kappa shape index (κ1) is 22.3. The first-order valence-corrected chi connectivity index (χ1v) is 11.3. The number of benzene rings is 2. The molecule has 0 unspecified atom stereocenters. The van der Waals surface area contributed by atoms with E-state index in [-0.39, 0.29) is 11.8 Å². The van der Waals surface area contributed by atoms with Crippen LogP contribution >= 0.6 is 34.5 Å². The van der Waals surface area contributed by atoms with E-state index in [1.807, 2.05) is 23.7 Å². The highest BCUT2D eigenvalue weighted by molar-refractivity contribution is 7.20. The third-order valence-electron chi connectivity index (χ3n) is 4.94. The zero-order valence-electron chi connectivity index (χ0n) is 17.6. The highest BCUT2D eigenvalue weighted by atomic mass is 35.5. The van der Waals surface area contributed by atoms with Gasteiger partial charge in [0.2, 0.25) is 0 Å². The third-order valence-corrected chi connectivity index (χ3v) is 6.67. The number of carbonyl (C=O) groups is 2. The van der Waals surface area contributed by atoms with Crippen molar-refractivity contribution in [1.29, 1.82) is 0 Å². The van der Waals surface area contributed by atoms with Gasteiger partial charge in [-0.25, -0.2) is 0 Å². The number of amides is 2. The molecule has 2 amide bonds. The van der Waals surface area contributed by atoms with E-state index in [1.165, 1.54) is 16.2 Å². The van der Waals surface area contributed by atoms with Gasteiger partial charge in [0.1, 0.15) is 4.83 Å². The molecule has 0 aliphatic heterocycles. The van der Waals surface area contributed by atoms with Gasteiger partial charge in [-0.3, -0.25) is 14.3 Å². The number of halogens is 2. The molecule has 0 fully saturated rings. The van der Waals surface area contributed by atoms with Crippen LogP contribution in [0.2, 0.25) is 10.0 Å². The van der Waals surface area contributed by atoms with Crippen LogP contribution in [0, 0.1) is 6.92 Å². The summed E-state index contributed by atoms with van der Waals surface area (Å²) < 4.78 is 1.84. The quantitative estimate of drug-likeness (QED) is 0.392. The molecule has 0 spiro atoms. The summed E-state index contributed by atoms with van der Waals surface area (Å²) in [6.07, 6.45) is 0. The van der Waals surface area contributed by atoms with Crippen molar-refractivity contribution < 1.29 is 9.59 Å². The highest BCUT2D eigenvalue weighted by Gasteiger charge is 2.18. The van der Waals surface area contributed by atoms with Crippen molar-refractivity contribution in [3.8, 4) is 0 Å². The Morgan fingerprint density at radius 3 is 2.62 bits per heavy atom. The van der Waals surface area contributed by atoms with Crippen LogP contribution in [0.1, 0.15) is 31.3 Å². The Hall–Kier alpha value is -2.87. The lowest BCUT2D eigenvalue weighted by molar-refractivity contribution is 0.0827. The van der Waals surface area contributed by atoms with Crippen molar-refractivity contribution in [2.75, 3.05) is 19.4 Å². The maximum Gasteiger partial charge on any atom is 0.265 e. The monoisotopic (exact) mass is 486 g/mol. The molecule has 4 rings (SSSR count). The molecule has 2 aromatic carbocycles. The van der Waals surface area contributed by atoms with E-state index in [1.54, 1.807) is 50.5 Å². The third kappa shape index (κ3) is 4.50. The van der Waals surface area contributed by atoms with Gasteiger partial charge in [0.15, 0.2) is 0 Å². The van der Waals surface area contributed by atoms with Crippen LogP contribution in [0.3, 0.4) is 0 Å². The van der Waals surface area contributed by atoms with Crippen LogP contribution in [0.5, 0.6) is 0 Å². The second-order valence-electron chi connectivity index (χ2n) is 7.54. The number of carbonyl (C=O) groups excluding carboxylic acids is 2. The topological polar surface area (TPSA) is 67.2 Å².